The lowest BCUT2D eigenvalue weighted by atomic mass is 10.0. The van der Waals surface area contributed by atoms with E-state index in [2.05, 4.69) is 20.7 Å². The van der Waals surface area contributed by atoms with Crippen LogP contribution in [0.25, 0.3) is 11.6 Å². The molecular weight excluding hydrogens is 491 g/mol. The predicted octanol–water partition coefficient (Wildman–Crippen LogP) is 3.77. The number of aromatic hydroxyl groups is 1. The van der Waals surface area contributed by atoms with Crippen LogP contribution in [-0.2, 0) is 22.7 Å². The van der Waals surface area contributed by atoms with Crippen LogP contribution in [0.4, 0.5) is 4.39 Å². The maximum Gasteiger partial charge on any atom is 0.247 e. The number of rotatable bonds is 8. The van der Waals surface area contributed by atoms with Crippen LogP contribution in [0.2, 0.25) is 0 Å². The van der Waals surface area contributed by atoms with Crippen molar-refractivity contribution in [2.45, 2.75) is 52.4 Å². The van der Waals surface area contributed by atoms with Gasteiger partial charge in [0.1, 0.15) is 29.9 Å². The Morgan fingerprint density at radius 2 is 1.76 bits per heavy atom. The van der Waals surface area contributed by atoms with Crippen LogP contribution in [0.5, 0.6) is 5.75 Å². The van der Waals surface area contributed by atoms with Crippen LogP contribution >= 0.6 is 0 Å². The molecule has 4 rings (SSSR count). The number of aryl methyl sites for hydroxylation is 1. The number of carbonyl (C=O) groups excluding carboxylic acids is 2. The van der Waals surface area contributed by atoms with Crippen LogP contribution in [0, 0.1) is 12.7 Å². The number of furan rings is 1. The van der Waals surface area contributed by atoms with E-state index in [0.29, 0.717) is 22.6 Å². The standard InChI is InChI=1S/C27H29FN6O4/c1-17-5-14-22(38-17)25-30-32-34(31-25)16-23(36)33(15-18-6-10-20(28)11-7-18)24(26(37)29-27(2,3)4)19-8-12-21(35)13-9-19/h5-14,24,35H,15-16H2,1-4H3,(H,29,37). The fourth-order valence-corrected chi connectivity index (χ4v) is 3.85. The zero-order valence-corrected chi connectivity index (χ0v) is 21.6. The van der Waals surface area contributed by atoms with Crippen molar-refractivity contribution in [2.24, 2.45) is 0 Å². The molecule has 1 atom stereocenters. The van der Waals surface area contributed by atoms with Crippen molar-refractivity contribution in [1.29, 1.82) is 0 Å². The molecule has 0 spiro atoms. The monoisotopic (exact) mass is 520 g/mol. The van der Waals surface area contributed by atoms with Gasteiger partial charge in [-0.25, -0.2) is 4.39 Å². The van der Waals surface area contributed by atoms with Gasteiger partial charge in [-0.1, -0.05) is 24.3 Å². The summed E-state index contributed by atoms with van der Waals surface area (Å²) in [6.45, 7) is 6.98. The molecule has 0 aliphatic rings. The topological polar surface area (TPSA) is 126 Å². The summed E-state index contributed by atoms with van der Waals surface area (Å²) < 4.78 is 19.1. The van der Waals surface area contributed by atoms with Crippen molar-refractivity contribution < 1.29 is 23.5 Å². The number of phenolic OH excluding ortho intramolecular Hbond substituents is 1. The Kier molecular flexibility index (Phi) is 7.56. The molecule has 10 nitrogen and oxygen atoms in total. The third kappa shape index (κ3) is 6.61. The highest BCUT2D eigenvalue weighted by Gasteiger charge is 2.34. The molecule has 2 N–H and O–H groups in total. The minimum Gasteiger partial charge on any atom is -0.508 e. The van der Waals surface area contributed by atoms with Crippen molar-refractivity contribution in [3.05, 3.63) is 83.4 Å². The van der Waals surface area contributed by atoms with E-state index < -0.39 is 29.2 Å². The molecule has 0 radical (unpaired) electrons. The summed E-state index contributed by atoms with van der Waals surface area (Å²) in [5.41, 5.74) is 0.518. The molecule has 2 heterocycles. The molecule has 198 valence electrons. The largest absolute Gasteiger partial charge is 0.508 e. The van der Waals surface area contributed by atoms with Crippen molar-refractivity contribution in [3.8, 4) is 17.3 Å². The van der Waals surface area contributed by atoms with Crippen molar-refractivity contribution >= 4 is 11.8 Å². The summed E-state index contributed by atoms with van der Waals surface area (Å²) in [4.78, 5) is 29.8. The second kappa shape index (κ2) is 10.8. The third-order valence-corrected chi connectivity index (χ3v) is 5.54. The van der Waals surface area contributed by atoms with Crippen molar-refractivity contribution in [1.82, 2.24) is 30.4 Å². The Bertz CT molecular complexity index is 1410. The SMILES string of the molecule is Cc1ccc(-c2nnn(CC(=O)N(Cc3ccc(F)cc3)C(C(=O)NC(C)(C)C)c3ccc(O)cc3)n2)o1. The molecule has 2 aromatic heterocycles. The number of nitrogens with one attached hydrogen (secondary N) is 1. The van der Waals surface area contributed by atoms with Gasteiger partial charge in [0, 0.05) is 12.1 Å². The minimum absolute atomic E-state index is 0.00114. The highest BCUT2D eigenvalue weighted by atomic mass is 19.1. The Labute approximate surface area is 219 Å². The Morgan fingerprint density at radius 3 is 2.37 bits per heavy atom. The number of tetrazole rings is 1. The number of nitrogens with zero attached hydrogens (tertiary/aromatic N) is 5. The molecule has 11 heteroatoms. The molecule has 0 saturated carbocycles. The molecule has 0 aliphatic heterocycles. The van der Waals surface area contributed by atoms with Gasteiger partial charge in [0.15, 0.2) is 5.76 Å². The second-order valence-electron chi connectivity index (χ2n) is 9.94. The molecular formula is C27H29FN6O4. The predicted molar refractivity (Wildman–Crippen MR) is 136 cm³/mol. The summed E-state index contributed by atoms with van der Waals surface area (Å²) in [5.74, 6) is 0.0206. The summed E-state index contributed by atoms with van der Waals surface area (Å²) in [6, 6.07) is 14.1. The lowest BCUT2D eigenvalue weighted by Crippen LogP contribution is -2.49. The van der Waals surface area contributed by atoms with Gasteiger partial charge >= 0.3 is 0 Å². The first-order valence-corrected chi connectivity index (χ1v) is 12.0. The quantitative estimate of drug-likeness (QED) is 0.362. The van der Waals surface area contributed by atoms with E-state index in [1.165, 1.54) is 29.2 Å². The number of amides is 2. The smallest absolute Gasteiger partial charge is 0.247 e. The Hall–Kier alpha value is -4.54. The van der Waals surface area contributed by atoms with Gasteiger partial charge in [0.05, 0.1) is 0 Å². The second-order valence-corrected chi connectivity index (χ2v) is 9.94. The maximum absolute atomic E-state index is 13.8. The first kappa shape index (κ1) is 26.5. The van der Waals surface area contributed by atoms with Gasteiger partial charge in [-0.15, -0.1) is 10.2 Å². The first-order chi connectivity index (χ1) is 18.0. The number of phenols is 1. The molecule has 0 aliphatic carbocycles. The van der Waals surface area contributed by atoms with Crippen LogP contribution in [0.1, 0.15) is 43.7 Å². The summed E-state index contributed by atoms with van der Waals surface area (Å²) in [6.07, 6.45) is 0. The van der Waals surface area contributed by atoms with Crippen LogP contribution < -0.4 is 5.32 Å². The van der Waals surface area contributed by atoms with E-state index in [1.54, 1.807) is 43.3 Å². The fraction of sp³-hybridized carbons (Fsp3) is 0.296. The molecule has 2 aromatic carbocycles. The normalized spacial score (nSPS) is 12.2. The van der Waals surface area contributed by atoms with Gasteiger partial charge in [-0.2, -0.15) is 4.80 Å². The van der Waals surface area contributed by atoms with E-state index in [-0.39, 0.29) is 24.7 Å². The zero-order chi connectivity index (χ0) is 27.4. The van der Waals surface area contributed by atoms with E-state index in [1.807, 2.05) is 20.8 Å². The number of aromatic nitrogens is 4. The van der Waals surface area contributed by atoms with E-state index in [9.17, 15) is 19.1 Å². The summed E-state index contributed by atoms with van der Waals surface area (Å²) in [7, 11) is 0. The maximum atomic E-state index is 13.8. The number of benzene rings is 2. The molecule has 1 unspecified atom stereocenters. The number of halogens is 1. The van der Waals surface area contributed by atoms with Gasteiger partial charge in [0.2, 0.25) is 17.6 Å². The molecule has 0 fully saturated rings. The minimum atomic E-state index is -1.07. The number of carbonyl (C=O) groups is 2. The van der Waals surface area contributed by atoms with Gasteiger partial charge < -0.3 is 19.7 Å². The van der Waals surface area contributed by atoms with E-state index in [0.717, 1.165) is 4.80 Å². The van der Waals surface area contributed by atoms with E-state index >= 15 is 0 Å². The van der Waals surface area contributed by atoms with Gasteiger partial charge in [-0.05, 0) is 80.4 Å². The van der Waals surface area contributed by atoms with Crippen LogP contribution in [-0.4, -0.2) is 47.6 Å². The molecule has 38 heavy (non-hydrogen) atoms. The van der Waals surface area contributed by atoms with Crippen LogP contribution in [0.15, 0.2) is 65.1 Å². The van der Waals surface area contributed by atoms with E-state index in [4.69, 9.17) is 4.42 Å². The van der Waals surface area contributed by atoms with Crippen molar-refractivity contribution in [3.63, 3.8) is 0 Å². The highest BCUT2D eigenvalue weighted by Crippen LogP contribution is 2.27. The molecule has 0 bridgehead atoms. The molecule has 2 amide bonds. The third-order valence-electron chi connectivity index (χ3n) is 5.54. The highest BCUT2D eigenvalue weighted by molar-refractivity contribution is 5.89. The number of hydrogen-bond donors (Lipinski definition) is 2. The fourth-order valence-electron chi connectivity index (χ4n) is 3.85. The molecule has 4 aromatic rings. The zero-order valence-electron chi connectivity index (χ0n) is 21.6. The Morgan fingerprint density at radius 1 is 1.08 bits per heavy atom. The van der Waals surface area contributed by atoms with Gasteiger partial charge in [-0.3, -0.25) is 9.59 Å². The lowest BCUT2D eigenvalue weighted by molar-refractivity contribution is -0.143. The first-order valence-electron chi connectivity index (χ1n) is 12.0. The lowest BCUT2D eigenvalue weighted by Gasteiger charge is -2.33. The van der Waals surface area contributed by atoms with Crippen LogP contribution in [0.3, 0.4) is 0 Å². The Balaban J connectivity index is 1.70. The molecule has 0 saturated heterocycles. The average Bonchev–Trinajstić information content (AvgIpc) is 3.49. The summed E-state index contributed by atoms with van der Waals surface area (Å²) in [5, 5.41) is 24.9. The average molecular weight is 521 g/mol. The summed E-state index contributed by atoms with van der Waals surface area (Å²) >= 11 is 0. The van der Waals surface area contributed by atoms with Gasteiger partial charge in [0.25, 0.3) is 0 Å². The van der Waals surface area contributed by atoms with Crippen molar-refractivity contribution in [2.75, 3.05) is 0 Å². The number of hydrogen-bond acceptors (Lipinski definition) is 7.